The highest BCUT2D eigenvalue weighted by Gasteiger charge is 2.20. The molecule has 0 spiro atoms. The Morgan fingerprint density at radius 2 is 1.83 bits per heavy atom. The number of amides is 1. The van der Waals surface area contributed by atoms with E-state index < -0.39 is 0 Å². The van der Waals surface area contributed by atoms with Gasteiger partial charge in [0.2, 0.25) is 11.8 Å². The molecule has 0 unspecified atom stereocenters. The summed E-state index contributed by atoms with van der Waals surface area (Å²) >= 11 is 1.63. The quantitative estimate of drug-likeness (QED) is 0.670. The number of nitrogens with one attached hydrogen (secondary N) is 1. The van der Waals surface area contributed by atoms with E-state index in [1.807, 2.05) is 49.6 Å². The molecule has 29 heavy (non-hydrogen) atoms. The van der Waals surface area contributed by atoms with E-state index in [-0.39, 0.29) is 5.91 Å². The molecule has 1 aliphatic rings. The van der Waals surface area contributed by atoms with Gasteiger partial charge in [-0.15, -0.1) is 11.3 Å². The summed E-state index contributed by atoms with van der Waals surface area (Å²) in [4.78, 5) is 22.7. The highest BCUT2D eigenvalue weighted by atomic mass is 32.1. The molecule has 6 nitrogen and oxygen atoms in total. The van der Waals surface area contributed by atoms with Crippen molar-refractivity contribution in [1.29, 1.82) is 0 Å². The van der Waals surface area contributed by atoms with Crippen LogP contribution in [0.1, 0.15) is 16.8 Å². The molecule has 1 aliphatic heterocycles. The first-order chi connectivity index (χ1) is 14.1. The Bertz CT molecular complexity index is 939. The van der Waals surface area contributed by atoms with Crippen molar-refractivity contribution in [2.24, 2.45) is 0 Å². The van der Waals surface area contributed by atoms with E-state index in [0.29, 0.717) is 12.4 Å². The summed E-state index contributed by atoms with van der Waals surface area (Å²) in [6.07, 6.45) is 1.75. The maximum atomic E-state index is 12.5. The molecule has 3 aromatic rings. The summed E-state index contributed by atoms with van der Waals surface area (Å²) in [5, 5.41) is 5.10. The third-order valence-corrected chi connectivity index (χ3v) is 6.10. The maximum absolute atomic E-state index is 12.5. The fourth-order valence-electron chi connectivity index (χ4n) is 3.62. The van der Waals surface area contributed by atoms with E-state index in [0.717, 1.165) is 60.1 Å². The van der Waals surface area contributed by atoms with Crippen LogP contribution in [0.2, 0.25) is 0 Å². The van der Waals surface area contributed by atoms with Gasteiger partial charge in [-0.05, 0) is 36.4 Å². The number of para-hydroxylation sites is 1. The summed E-state index contributed by atoms with van der Waals surface area (Å²) in [6, 6.07) is 10.1. The first-order valence-electron chi connectivity index (χ1n) is 9.87. The smallest absolute Gasteiger partial charge is 0.238 e. The molecule has 152 valence electrons. The third kappa shape index (κ3) is 4.93. The Balaban J connectivity index is 1.25. The fourth-order valence-corrected chi connectivity index (χ4v) is 4.28. The SMILES string of the molecule is Cc1cccc(C)c1NC(=O)CN1CCN(Cc2coc(-c3cccs3)n2)CC1. The van der Waals surface area contributed by atoms with Crippen LogP contribution in [-0.2, 0) is 11.3 Å². The largest absolute Gasteiger partial charge is 0.444 e. The molecule has 7 heteroatoms. The molecule has 0 aliphatic carbocycles. The number of carbonyl (C=O) groups is 1. The average Bonchev–Trinajstić information content (AvgIpc) is 3.38. The number of piperazine rings is 1. The van der Waals surface area contributed by atoms with E-state index in [4.69, 9.17) is 4.42 Å². The summed E-state index contributed by atoms with van der Waals surface area (Å²) in [5.41, 5.74) is 4.08. The third-order valence-electron chi connectivity index (χ3n) is 5.25. The minimum absolute atomic E-state index is 0.0490. The number of hydrogen-bond donors (Lipinski definition) is 1. The van der Waals surface area contributed by atoms with Crippen molar-refractivity contribution in [2.45, 2.75) is 20.4 Å². The van der Waals surface area contributed by atoms with Crippen molar-refractivity contribution in [1.82, 2.24) is 14.8 Å². The number of benzene rings is 1. The van der Waals surface area contributed by atoms with Crippen LogP contribution in [0.5, 0.6) is 0 Å². The number of nitrogens with zero attached hydrogens (tertiary/aromatic N) is 3. The molecule has 1 N–H and O–H groups in total. The van der Waals surface area contributed by atoms with Crippen LogP contribution in [0.15, 0.2) is 46.4 Å². The predicted molar refractivity (Wildman–Crippen MR) is 116 cm³/mol. The van der Waals surface area contributed by atoms with Gasteiger partial charge < -0.3 is 9.73 Å². The predicted octanol–water partition coefficient (Wildman–Crippen LogP) is 3.78. The minimum Gasteiger partial charge on any atom is -0.444 e. The molecule has 4 rings (SSSR count). The van der Waals surface area contributed by atoms with Crippen LogP contribution in [0, 0.1) is 13.8 Å². The van der Waals surface area contributed by atoms with Gasteiger partial charge >= 0.3 is 0 Å². The van der Waals surface area contributed by atoms with E-state index in [2.05, 4.69) is 20.1 Å². The van der Waals surface area contributed by atoms with Crippen molar-refractivity contribution in [3.05, 3.63) is 58.8 Å². The van der Waals surface area contributed by atoms with Crippen LogP contribution < -0.4 is 5.32 Å². The van der Waals surface area contributed by atoms with Gasteiger partial charge in [-0.25, -0.2) is 4.98 Å². The van der Waals surface area contributed by atoms with Crippen LogP contribution in [0.3, 0.4) is 0 Å². The Hall–Kier alpha value is -2.48. The molecule has 3 heterocycles. The first-order valence-corrected chi connectivity index (χ1v) is 10.8. The van der Waals surface area contributed by atoms with E-state index in [1.165, 1.54) is 0 Å². The molecule has 1 amide bonds. The number of oxazole rings is 1. The lowest BCUT2D eigenvalue weighted by atomic mass is 10.1. The van der Waals surface area contributed by atoms with Gasteiger partial charge in [0.15, 0.2) is 0 Å². The van der Waals surface area contributed by atoms with Gasteiger partial charge in [0.05, 0.1) is 17.1 Å². The van der Waals surface area contributed by atoms with Gasteiger partial charge in [0.1, 0.15) is 6.26 Å². The van der Waals surface area contributed by atoms with E-state index in [9.17, 15) is 4.79 Å². The van der Waals surface area contributed by atoms with Crippen molar-refractivity contribution in [2.75, 3.05) is 38.0 Å². The zero-order chi connectivity index (χ0) is 20.2. The van der Waals surface area contributed by atoms with Crippen LogP contribution in [0.25, 0.3) is 10.8 Å². The lowest BCUT2D eigenvalue weighted by Crippen LogP contribution is -2.48. The molecule has 0 saturated carbocycles. The summed E-state index contributed by atoms with van der Waals surface area (Å²) in [6.45, 7) is 8.82. The maximum Gasteiger partial charge on any atom is 0.238 e. The van der Waals surface area contributed by atoms with Gasteiger partial charge in [-0.3, -0.25) is 14.6 Å². The van der Waals surface area contributed by atoms with Crippen LogP contribution in [0.4, 0.5) is 5.69 Å². The van der Waals surface area contributed by atoms with Crippen molar-refractivity contribution < 1.29 is 9.21 Å². The normalized spacial score (nSPS) is 15.5. The first kappa shape index (κ1) is 19.8. The Labute approximate surface area is 175 Å². The van der Waals surface area contributed by atoms with Gasteiger partial charge in [0.25, 0.3) is 0 Å². The standard InChI is InChI=1S/C22H26N4O2S/c1-16-5-3-6-17(2)21(16)24-20(27)14-26-10-8-25(9-11-26)13-18-15-28-22(23-18)19-7-4-12-29-19/h3-7,12,15H,8-11,13-14H2,1-2H3,(H,24,27). The Kier molecular flexibility index (Phi) is 6.08. The fraction of sp³-hybridized carbons (Fsp3) is 0.364. The second kappa shape index (κ2) is 8.90. The van der Waals surface area contributed by atoms with Gasteiger partial charge in [0, 0.05) is 38.4 Å². The number of aromatic nitrogens is 1. The zero-order valence-electron chi connectivity index (χ0n) is 16.9. The summed E-state index contributed by atoms with van der Waals surface area (Å²) in [5.74, 6) is 0.741. The van der Waals surface area contributed by atoms with Crippen molar-refractivity contribution in [3.8, 4) is 10.8 Å². The van der Waals surface area contributed by atoms with Crippen molar-refractivity contribution >= 4 is 22.9 Å². The number of aryl methyl sites for hydroxylation is 2. The summed E-state index contributed by atoms with van der Waals surface area (Å²) < 4.78 is 5.61. The lowest BCUT2D eigenvalue weighted by Gasteiger charge is -2.33. The van der Waals surface area contributed by atoms with E-state index >= 15 is 0 Å². The molecule has 1 aromatic carbocycles. The molecule has 0 bridgehead atoms. The number of rotatable bonds is 6. The number of hydrogen-bond acceptors (Lipinski definition) is 6. The zero-order valence-corrected chi connectivity index (χ0v) is 17.7. The molecule has 0 radical (unpaired) electrons. The topological polar surface area (TPSA) is 61.6 Å². The molecule has 1 fully saturated rings. The van der Waals surface area contributed by atoms with Crippen LogP contribution >= 0.6 is 11.3 Å². The number of thiophene rings is 1. The van der Waals surface area contributed by atoms with Crippen molar-refractivity contribution in [3.63, 3.8) is 0 Å². The minimum atomic E-state index is 0.0490. The van der Waals surface area contributed by atoms with E-state index in [1.54, 1.807) is 17.6 Å². The summed E-state index contributed by atoms with van der Waals surface area (Å²) in [7, 11) is 0. The second-order valence-electron chi connectivity index (χ2n) is 7.49. The molecule has 1 saturated heterocycles. The van der Waals surface area contributed by atoms with Gasteiger partial charge in [-0.1, -0.05) is 24.3 Å². The lowest BCUT2D eigenvalue weighted by molar-refractivity contribution is -0.117. The Morgan fingerprint density at radius 3 is 2.52 bits per heavy atom. The Morgan fingerprint density at radius 1 is 1.10 bits per heavy atom. The molecule has 2 aromatic heterocycles. The monoisotopic (exact) mass is 410 g/mol. The number of carbonyl (C=O) groups excluding carboxylic acids is 1. The highest BCUT2D eigenvalue weighted by molar-refractivity contribution is 7.13. The van der Waals surface area contributed by atoms with Gasteiger partial charge in [-0.2, -0.15) is 0 Å². The second-order valence-corrected chi connectivity index (χ2v) is 8.44. The highest BCUT2D eigenvalue weighted by Crippen LogP contribution is 2.24. The molecule has 0 atom stereocenters. The molecular formula is C22H26N4O2S. The molecular weight excluding hydrogens is 384 g/mol. The van der Waals surface area contributed by atoms with Crippen LogP contribution in [-0.4, -0.2) is 53.4 Å². The average molecular weight is 411 g/mol. The number of anilines is 1.